The highest BCUT2D eigenvalue weighted by Gasteiger charge is 2.35. The maximum absolute atomic E-state index is 16.0. The molecule has 6 rings (SSSR count). The van der Waals surface area contributed by atoms with Gasteiger partial charge in [0.1, 0.15) is 12.4 Å². The summed E-state index contributed by atoms with van der Waals surface area (Å²) in [5.74, 6) is -2.23. The van der Waals surface area contributed by atoms with Crippen molar-refractivity contribution in [3.05, 3.63) is 89.3 Å². The van der Waals surface area contributed by atoms with Crippen molar-refractivity contribution in [1.82, 2.24) is 29.5 Å². The number of hydrogen-bond donors (Lipinski definition) is 2. The van der Waals surface area contributed by atoms with Crippen molar-refractivity contribution >= 4 is 32.7 Å². The third-order valence-corrected chi connectivity index (χ3v) is 10.7. The van der Waals surface area contributed by atoms with Crippen molar-refractivity contribution in [2.24, 2.45) is 5.73 Å². The number of aromatic nitrogens is 5. The number of hydrogen-bond acceptors (Lipinski definition) is 10. The van der Waals surface area contributed by atoms with Crippen LogP contribution in [0, 0.1) is 5.82 Å². The molecule has 1 aliphatic heterocycles. The Kier molecular flexibility index (Phi) is 12.2. The van der Waals surface area contributed by atoms with Gasteiger partial charge >= 0.3 is 6.18 Å². The number of halogens is 4. The van der Waals surface area contributed by atoms with Gasteiger partial charge in [0.25, 0.3) is 15.9 Å². The Morgan fingerprint density at radius 1 is 1.09 bits per heavy atom. The van der Waals surface area contributed by atoms with Gasteiger partial charge in [-0.2, -0.15) is 18.3 Å². The van der Waals surface area contributed by atoms with Crippen LogP contribution in [0.2, 0.25) is 0 Å². The Bertz CT molecular complexity index is 2350. The highest BCUT2D eigenvalue weighted by atomic mass is 32.2. The van der Waals surface area contributed by atoms with Crippen LogP contribution in [0.1, 0.15) is 86.9 Å². The van der Waals surface area contributed by atoms with E-state index in [4.69, 9.17) is 20.2 Å². The molecule has 1 amide bonds. The Morgan fingerprint density at radius 2 is 1.82 bits per heavy atom. The summed E-state index contributed by atoms with van der Waals surface area (Å²) in [6, 6.07) is 12.2. The lowest BCUT2D eigenvalue weighted by molar-refractivity contribution is -0.127. The Morgan fingerprint density at radius 3 is 2.47 bits per heavy atom. The number of nitrogens with zero attached hydrogens (tertiary/aromatic N) is 6. The van der Waals surface area contributed by atoms with Gasteiger partial charge in [0.2, 0.25) is 0 Å². The van der Waals surface area contributed by atoms with Crippen LogP contribution in [0.15, 0.2) is 66.0 Å². The van der Waals surface area contributed by atoms with Gasteiger partial charge in [-0.25, -0.2) is 32.2 Å². The molecule has 5 aromatic rings. The molecule has 1 saturated heterocycles. The monoisotopic (exact) mass is 812 g/mol. The average Bonchev–Trinajstić information content (AvgIpc) is 3.56. The van der Waals surface area contributed by atoms with E-state index in [2.05, 4.69) is 19.8 Å². The second-order valence-electron chi connectivity index (χ2n) is 14.7. The van der Waals surface area contributed by atoms with E-state index in [-0.39, 0.29) is 75.4 Å². The van der Waals surface area contributed by atoms with Crippen LogP contribution in [0.3, 0.4) is 0 Å². The van der Waals surface area contributed by atoms with Gasteiger partial charge in [0.15, 0.2) is 28.5 Å². The standard InChI is InChI=1S/C39H44F4N8O5S/c1-5-14-47-57(53,54)37-29(45-15-16-46-37)22-50(38(2,3)4)36-33-30(51(49-34(33)35(44)52)32-13-9-10-17-55-32)20-28(48-36)26-19-27(40)31(18-25(26)21-39(41,42)43)56-23-24-11-7-6-8-12-24/h6-8,11-12,15-16,18-20,32,47H,5,9-10,13-14,17,21-23H2,1-4H3,(H2,44,52). The van der Waals surface area contributed by atoms with Crippen molar-refractivity contribution in [2.75, 3.05) is 18.1 Å². The van der Waals surface area contributed by atoms with Crippen molar-refractivity contribution < 1.29 is 40.2 Å². The molecule has 3 N–H and O–H groups in total. The van der Waals surface area contributed by atoms with E-state index >= 15 is 4.39 Å². The molecular formula is C39H44F4N8O5S. The van der Waals surface area contributed by atoms with E-state index in [1.165, 1.54) is 23.1 Å². The molecule has 1 unspecified atom stereocenters. The topological polar surface area (TPSA) is 167 Å². The minimum Gasteiger partial charge on any atom is -0.486 e. The molecule has 57 heavy (non-hydrogen) atoms. The third-order valence-electron chi connectivity index (χ3n) is 9.30. The number of carbonyl (C=O) groups is 1. The van der Waals surface area contributed by atoms with Crippen LogP contribution in [0.4, 0.5) is 23.4 Å². The number of pyridine rings is 1. The van der Waals surface area contributed by atoms with Gasteiger partial charge in [0.05, 0.1) is 35.3 Å². The van der Waals surface area contributed by atoms with E-state index in [1.54, 1.807) is 62.9 Å². The number of anilines is 1. The number of rotatable bonds is 14. The van der Waals surface area contributed by atoms with Gasteiger partial charge in [-0.05, 0) is 75.8 Å². The molecule has 304 valence electrons. The van der Waals surface area contributed by atoms with E-state index < -0.39 is 46.1 Å². The Labute approximate surface area is 327 Å². The van der Waals surface area contributed by atoms with E-state index in [0.29, 0.717) is 25.0 Å². The second kappa shape index (κ2) is 16.7. The van der Waals surface area contributed by atoms with Crippen molar-refractivity contribution in [2.45, 2.75) is 95.9 Å². The molecule has 2 aromatic carbocycles. The summed E-state index contributed by atoms with van der Waals surface area (Å²) in [4.78, 5) is 28.2. The zero-order chi connectivity index (χ0) is 41.1. The number of sulfonamides is 1. The summed E-state index contributed by atoms with van der Waals surface area (Å²) in [6.45, 7) is 7.35. The van der Waals surface area contributed by atoms with Crippen LogP contribution >= 0.6 is 0 Å². The molecule has 0 saturated carbocycles. The fraction of sp³-hybridized carbons (Fsp3) is 0.410. The van der Waals surface area contributed by atoms with Gasteiger partial charge in [-0.1, -0.05) is 37.3 Å². The summed E-state index contributed by atoms with van der Waals surface area (Å²) in [5, 5.41) is 4.37. The third kappa shape index (κ3) is 9.51. The first-order valence-corrected chi connectivity index (χ1v) is 19.9. The van der Waals surface area contributed by atoms with Gasteiger partial charge in [-0.15, -0.1) is 0 Å². The molecule has 18 heteroatoms. The van der Waals surface area contributed by atoms with Gasteiger partial charge in [0, 0.05) is 36.6 Å². The number of primary amides is 1. The van der Waals surface area contributed by atoms with E-state index in [9.17, 15) is 26.4 Å². The van der Waals surface area contributed by atoms with Crippen LogP contribution in [-0.2, 0) is 34.3 Å². The number of alkyl halides is 3. The SMILES string of the molecule is CCCNS(=O)(=O)c1nccnc1CN(c1nc(-c2cc(F)c(OCc3ccccc3)cc2CC(F)(F)F)cc2c1c(C(N)=O)nn2C1CCCCO1)C(C)(C)C. The fourth-order valence-electron chi connectivity index (χ4n) is 6.59. The van der Waals surface area contributed by atoms with Crippen molar-refractivity contribution in [3.8, 4) is 17.0 Å². The summed E-state index contributed by atoms with van der Waals surface area (Å²) in [5.41, 5.74) is 5.09. The van der Waals surface area contributed by atoms with E-state index in [1.807, 2.05) is 0 Å². The Balaban J connectivity index is 1.61. The molecule has 13 nitrogen and oxygen atoms in total. The molecule has 3 aromatic heterocycles. The van der Waals surface area contributed by atoms with Crippen molar-refractivity contribution in [3.63, 3.8) is 0 Å². The largest absolute Gasteiger partial charge is 0.486 e. The van der Waals surface area contributed by atoms with Crippen LogP contribution < -0.4 is 20.1 Å². The number of carbonyl (C=O) groups excluding carboxylic acids is 1. The first-order chi connectivity index (χ1) is 27.0. The molecule has 1 atom stereocenters. The smallest absolute Gasteiger partial charge is 0.393 e. The number of ether oxygens (including phenoxy) is 2. The minimum atomic E-state index is -4.72. The molecule has 0 spiro atoms. The lowest BCUT2D eigenvalue weighted by atomic mass is 9.98. The summed E-state index contributed by atoms with van der Waals surface area (Å²) in [6.07, 6.45) is -1.72. The number of fused-ring (bicyclic) bond motifs is 1. The van der Waals surface area contributed by atoms with Crippen LogP contribution in [0.5, 0.6) is 5.75 Å². The molecule has 1 aliphatic rings. The Hall–Kier alpha value is -5.20. The maximum Gasteiger partial charge on any atom is 0.393 e. The zero-order valence-corrected chi connectivity index (χ0v) is 32.8. The first kappa shape index (κ1) is 41.4. The second-order valence-corrected chi connectivity index (χ2v) is 16.4. The lowest BCUT2D eigenvalue weighted by Gasteiger charge is -2.37. The lowest BCUT2D eigenvalue weighted by Crippen LogP contribution is -2.42. The van der Waals surface area contributed by atoms with Crippen molar-refractivity contribution in [1.29, 1.82) is 0 Å². The van der Waals surface area contributed by atoms with Gasteiger partial charge in [-0.3, -0.25) is 9.78 Å². The average molecular weight is 813 g/mol. The minimum absolute atomic E-state index is 0.00384. The highest BCUT2D eigenvalue weighted by Crippen LogP contribution is 2.41. The van der Waals surface area contributed by atoms with E-state index in [0.717, 1.165) is 25.0 Å². The summed E-state index contributed by atoms with van der Waals surface area (Å²) >= 11 is 0. The normalized spacial score (nSPS) is 15.2. The molecule has 1 fully saturated rings. The highest BCUT2D eigenvalue weighted by molar-refractivity contribution is 7.89. The predicted octanol–water partition coefficient (Wildman–Crippen LogP) is 7.00. The summed E-state index contributed by atoms with van der Waals surface area (Å²) < 4.78 is 101. The summed E-state index contributed by atoms with van der Waals surface area (Å²) in [7, 11) is -4.14. The number of benzene rings is 2. The number of nitrogens with two attached hydrogens (primary N) is 1. The van der Waals surface area contributed by atoms with Crippen LogP contribution in [-0.4, -0.2) is 63.9 Å². The zero-order valence-electron chi connectivity index (χ0n) is 31.9. The molecule has 4 heterocycles. The predicted molar refractivity (Wildman–Crippen MR) is 204 cm³/mol. The molecule has 0 radical (unpaired) electrons. The van der Waals surface area contributed by atoms with Crippen LogP contribution in [0.25, 0.3) is 22.2 Å². The number of amides is 1. The number of nitrogens with one attached hydrogen (secondary N) is 1. The fourth-order valence-corrected chi connectivity index (χ4v) is 7.83. The molecule has 0 bridgehead atoms. The maximum atomic E-state index is 16.0. The molecular weight excluding hydrogens is 769 g/mol. The first-order valence-electron chi connectivity index (χ1n) is 18.4. The molecule has 0 aliphatic carbocycles. The quantitative estimate of drug-likeness (QED) is 0.111. The van der Waals surface area contributed by atoms with Gasteiger partial charge < -0.3 is 20.1 Å².